The van der Waals surface area contributed by atoms with Gasteiger partial charge in [-0.2, -0.15) is 15.0 Å². The van der Waals surface area contributed by atoms with Gasteiger partial charge in [0.1, 0.15) is 5.71 Å². The van der Waals surface area contributed by atoms with Crippen LogP contribution in [0.15, 0.2) is 83.2 Å². The molecule has 25 heteroatoms. The van der Waals surface area contributed by atoms with E-state index in [2.05, 4.69) is 25.6 Å². The number of hydrogen-bond donors (Lipinski definition) is 4. The molecule has 5 aromatic rings. The molecule has 2 aromatic heterocycles. The Kier molecular flexibility index (Phi) is 17.8. The number of aromatic carboxylic acids is 1. The Labute approximate surface area is 413 Å². The van der Waals surface area contributed by atoms with Gasteiger partial charge < -0.3 is 34.9 Å². The van der Waals surface area contributed by atoms with E-state index >= 15 is 0 Å². The SMILES string of the molecule is CC(C)(C)C1=Nn2c[n+](-c3ccc(Nc4nc(O)nc(Nc5cccc(C(=O)O)c5)n4)cc3)nc2C1=Nc1ccc(N(CCCCS(=O)(=O)[O-])CCCCS(=O)(=O)[O-])cc1Cl.[Na+].[Na+]. The summed E-state index contributed by atoms with van der Waals surface area (Å²) in [5, 5.41) is 35.2. The molecule has 1 aliphatic rings. The second-order valence-corrected chi connectivity index (χ2v) is 18.4. The molecule has 0 amide bonds. The Morgan fingerprint density at radius 2 is 1.46 bits per heavy atom. The van der Waals surface area contributed by atoms with E-state index in [0.717, 1.165) is 0 Å². The molecule has 63 heavy (non-hydrogen) atoms. The van der Waals surface area contributed by atoms with Crippen LogP contribution in [0.3, 0.4) is 0 Å². The number of unbranched alkanes of at least 4 members (excludes halogenated alkanes) is 2. The molecule has 20 nitrogen and oxygen atoms in total. The van der Waals surface area contributed by atoms with Crippen LogP contribution in [-0.4, -0.2) is 103 Å². The zero-order valence-corrected chi connectivity index (χ0v) is 41.4. The number of carboxylic acid groups (broad SMARTS) is 1. The van der Waals surface area contributed by atoms with Crippen molar-refractivity contribution < 1.29 is 105 Å². The van der Waals surface area contributed by atoms with E-state index in [1.54, 1.807) is 70.3 Å². The fourth-order valence-electron chi connectivity index (χ4n) is 6.15. The van der Waals surface area contributed by atoms with Crippen LogP contribution in [0.4, 0.5) is 34.6 Å². The summed E-state index contributed by atoms with van der Waals surface area (Å²) in [7, 11) is -8.75. The van der Waals surface area contributed by atoms with Crippen LogP contribution in [-0.2, 0) is 20.2 Å². The molecule has 0 atom stereocenters. The zero-order valence-electron chi connectivity index (χ0n) is 35.1. The van der Waals surface area contributed by atoms with Gasteiger partial charge in [-0.15, -0.1) is 0 Å². The van der Waals surface area contributed by atoms with Crippen LogP contribution < -0.4 is 79.3 Å². The molecule has 0 radical (unpaired) electrons. The maximum Gasteiger partial charge on any atom is 1.00 e. The molecule has 4 N–H and O–H groups in total. The first kappa shape index (κ1) is 51.6. The van der Waals surface area contributed by atoms with E-state index in [0.29, 0.717) is 71.6 Å². The summed E-state index contributed by atoms with van der Waals surface area (Å²) in [5.74, 6) is -1.66. The minimum Gasteiger partial charge on any atom is -0.748 e. The van der Waals surface area contributed by atoms with Crippen molar-refractivity contribution in [2.75, 3.05) is 40.1 Å². The summed E-state index contributed by atoms with van der Waals surface area (Å²) in [5.41, 5.74) is 3.47. The monoisotopic (exact) mass is 940 g/mol. The van der Waals surface area contributed by atoms with Gasteiger partial charge in [-0.25, -0.2) is 26.6 Å². The predicted octanol–water partition coefficient (Wildman–Crippen LogP) is -1.26. The molecule has 322 valence electrons. The van der Waals surface area contributed by atoms with E-state index in [1.165, 1.54) is 12.1 Å². The summed E-state index contributed by atoms with van der Waals surface area (Å²) >= 11 is 6.82. The van der Waals surface area contributed by atoms with Crippen LogP contribution in [0.25, 0.3) is 5.69 Å². The Balaban J connectivity index is 0.00000436. The van der Waals surface area contributed by atoms with Gasteiger partial charge in [0, 0.05) is 47.1 Å². The van der Waals surface area contributed by atoms with E-state index < -0.39 is 49.1 Å². The van der Waals surface area contributed by atoms with Crippen molar-refractivity contribution >= 4 is 83.9 Å². The molecule has 0 spiro atoms. The number of benzene rings is 3. The Hall–Kier alpha value is -4.07. The second-order valence-electron chi connectivity index (χ2n) is 14.9. The minimum absolute atomic E-state index is 0. The second kappa shape index (κ2) is 21.7. The van der Waals surface area contributed by atoms with Gasteiger partial charge in [0.15, 0.2) is 11.4 Å². The Bertz CT molecular complexity index is 2690. The van der Waals surface area contributed by atoms with E-state index in [4.69, 9.17) is 26.8 Å². The number of rotatable bonds is 18. The van der Waals surface area contributed by atoms with E-state index in [-0.39, 0.29) is 94.4 Å². The van der Waals surface area contributed by atoms with Crippen LogP contribution >= 0.6 is 11.6 Å². The van der Waals surface area contributed by atoms with Gasteiger partial charge in [0.2, 0.25) is 11.9 Å². The predicted molar refractivity (Wildman–Crippen MR) is 225 cm³/mol. The van der Waals surface area contributed by atoms with Gasteiger partial charge in [-0.3, -0.25) is 0 Å². The largest absolute Gasteiger partial charge is 1.00 e. The summed E-state index contributed by atoms with van der Waals surface area (Å²) < 4.78 is 70.0. The molecular weight excluding hydrogens is 900 g/mol. The standard InChI is InChI=1S/C38H42ClN11O9S2.2Na/c1-38(2,3)32-31(42-30-16-15-28(22-29(30)39)48(17-4-6-19-60(54,55)56)18-5-7-20-61(57,58)59)33-47-49(23-50(33)46-32)27-13-11-25(12-14-27)40-35-43-36(45-37(53)44-35)41-26-10-8-9-24(21-26)34(51)52;;/h8-16,21-23H,4-7,17-20H2,1-3H3,(H5-,40,41,43,44,45,51,52,53,54,55,56,57,58,59);;/q;2*+1/p-1. The van der Waals surface area contributed by atoms with E-state index in [1.807, 2.05) is 25.7 Å². The number of nitrogens with zero attached hydrogens (tertiary/aromatic N) is 9. The third-order valence-corrected chi connectivity index (χ3v) is 10.9. The molecule has 0 fully saturated rings. The van der Waals surface area contributed by atoms with Gasteiger partial charge in [-0.05, 0) is 91.4 Å². The van der Waals surface area contributed by atoms with Crippen molar-refractivity contribution in [1.82, 2.24) is 24.7 Å². The summed E-state index contributed by atoms with van der Waals surface area (Å²) in [6.45, 7) is 6.69. The normalized spacial score (nSPS) is 13.1. The van der Waals surface area contributed by atoms with Gasteiger partial charge >= 0.3 is 76.9 Å². The number of aromatic nitrogens is 6. The summed E-state index contributed by atoms with van der Waals surface area (Å²) in [4.78, 5) is 30.3. The molecule has 0 saturated carbocycles. The smallest absolute Gasteiger partial charge is 0.748 e. The average Bonchev–Trinajstić information content (AvgIpc) is 3.74. The number of aliphatic imine (C=N–C) groups is 1. The van der Waals surface area contributed by atoms with Crippen molar-refractivity contribution in [3.63, 3.8) is 0 Å². The van der Waals surface area contributed by atoms with Crippen molar-refractivity contribution in [3.8, 4) is 11.7 Å². The zero-order chi connectivity index (χ0) is 44.1. The van der Waals surface area contributed by atoms with Crippen LogP contribution in [0.5, 0.6) is 6.01 Å². The first-order valence-electron chi connectivity index (χ1n) is 18.8. The van der Waals surface area contributed by atoms with Gasteiger partial charge in [0.25, 0.3) is 6.33 Å². The molecular formula is C38H41ClN11Na2O9S2+. The third kappa shape index (κ3) is 14.7. The average molecular weight is 941 g/mol. The summed E-state index contributed by atoms with van der Waals surface area (Å²) in [6.07, 6.45) is 2.71. The van der Waals surface area contributed by atoms with Crippen LogP contribution in [0, 0.1) is 5.41 Å². The quantitative estimate of drug-likeness (QED) is 0.0345. The van der Waals surface area contributed by atoms with Crippen LogP contribution in [0.2, 0.25) is 5.02 Å². The van der Waals surface area contributed by atoms with Crippen molar-refractivity contribution in [2.24, 2.45) is 15.5 Å². The minimum atomic E-state index is -4.38. The number of carbonyl (C=O) groups is 1. The molecule has 6 rings (SSSR count). The Morgan fingerprint density at radius 1 is 0.857 bits per heavy atom. The van der Waals surface area contributed by atoms with E-state index in [9.17, 15) is 40.9 Å². The fourth-order valence-corrected chi connectivity index (χ4v) is 7.49. The molecule has 0 unspecified atom stereocenters. The number of fused-ring (bicyclic) bond motifs is 1. The fraction of sp³-hybridized carbons (Fsp3) is 0.316. The van der Waals surface area contributed by atoms with Gasteiger partial charge in [-0.1, -0.05) is 52.9 Å². The maximum atomic E-state index is 11.4. The summed E-state index contributed by atoms with van der Waals surface area (Å²) in [6, 6.07) is 17.7. The third-order valence-electron chi connectivity index (χ3n) is 9.04. The van der Waals surface area contributed by atoms with Gasteiger partial charge in [0.05, 0.1) is 36.5 Å². The van der Waals surface area contributed by atoms with Crippen molar-refractivity contribution in [3.05, 3.63) is 89.5 Å². The molecule has 0 bridgehead atoms. The number of halogens is 1. The molecule has 1 aliphatic heterocycles. The number of carboxylic acids is 1. The maximum absolute atomic E-state index is 11.4. The number of aromatic hydroxyl groups is 1. The van der Waals surface area contributed by atoms with Crippen molar-refractivity contribution in [1.29, 1.82) is 0 Å². The number of nitrogens with one attached hydrogen (secondary N) is 2. The molecule has 0 saturated heterocycles. The number of anilines is 5. The molecule has 3 aromatic carbocycles. The molecule has 0 aliphatic carbocycles. The van der Waals surface area contributed by atoms with Crippen molar-refractivity contribution in [2.45, 2.75) is 46.5 Å². The number of hydrogen-bond acceptors (Lipinski definition) is 17. The first-order chi connectivity index (χ1) is 28.7. The molecule has 3 heterocycles. The van der Waals surface area contributed by atoms with Crippen LogP contribution in [0.1, 0.15) is 62.6 Å². The topological polar surface area (TPSA) is 284 Å². The first-order valence-corrected chi connectivity index (χ1v) is 22.3. The Morgan fingerprint density at radius 3 is 2.02 bits per heavy atom.